The van der Waals surface area contributed by atoms with Crippen LogP contribution in [0, 0.1) is 5.92 Å². The number of ether oxygens (including phenoxy) is 1. The molecular formula is C16H25N3O. The van der Waals surface area contributed by atoms with Gasteiger partial charge in [-0.1, -0.05) is 13.3 Å². The topological polar surface area (TPSA) is 47.0 Å². The zero-order chi connectivity index (χ0) is 13.9. The molecule has 4 heteroatoms. The van der Waals surface area contributed by atoms with Crippen LogP contribution in [0.1, 0.15) is 68.3 Å². The molecule has 0 aromatic carbocycles. The van der Waals surface area contributed by atoms with E-state index < -0.39 is 0 Å². The lowest BCUT2D eigenvalue weighted by Gasteiger charge is -2.19. The van der Waals surface area contributed by atoms with Crippen molar-refractivity contribution in [2.45, 2.75) is 57.6 Å². The molecule has 4 nitrogen and oxygen atoms in total. The van der Waals surface area contributed by atoms with Crippen LogP contribution in [0.15, 0.2) is 6.20 Å². The summed E-state index contributed by atoms with van der Waals surface area (Å²) in [4.78, 5) is 9.48. The molecule has 1 aromatic rings. The van der Waals surface area contributed by atoms with Gasteiger partial charge in [0, 0.05) is 30.6 Å². The third-order valence-electron chi connectivity index (χ3n) is 4.46. The first-order valence-corrected chi connectivity index (χ1v) is 7.95. The van der Waals surface area contributed by atoms with Gasteiger partial charge in [0.15, 0.2) is 5.82 Å². The SMILES string of the molecule is CCNC1CCCCc2nc(C(OC)C3CC3)ncc21. The summed E-state index contributed by atoms with van der Waals surface area (Å²) in [5.41, 5.74) is 2.54. The zero-order valence-corrected chi connectivity index (χ0v) is 12.6. The van der Waals surface area contributed by atoms with Gasteiger partial charge >= 0.3 is 0 Å². The predicted octanol–water partition coefficient (Wildman–Crippen LogP) is 2.95. The molecule has 2 unspecified atom stereocenters. The molecule has 3 rings (SSSR count). The Kier molecular flexibility index (Phi) is 4.32. The van der Waals surface area contributed by atoms with E-state index >= 15 is 0 Å². The van der Waals surface area contributed by atoms with Gasteiger partial charge in [-0.2, -0.15) is 0 Å². The summed E-state index contributed by atoms with van der Waals surface area (Å²) in [6.45, 7) is 3.16. The Morgan fingerprint density at radius 2 is 2.20 bits per heavy atom. The molecule has 1 saturated carbocycles. The molecule has 0 saturated heterocycles. The fourth-order valence-electron chi connectivity index (χ4n) is 3.23. The summed E-state index contributed by atoms with van der Waals surface area (Å²) in [7, 11) is 1.78. The van der Waals surface area contributed by atoms with Gasteiger partial charge in [0.1, 0.15) is 6.10 Å². The number of aryl methyl sites for hydroxylation is 1. The van der Waals surface area contributed by atoms with Gasteiger partial charge in [0.25, 0.3) is 0 Å². The standard InChI is InChI=1S/C16H25N3O/c1-3-17-13-6-4-5-7-14-12(13)10-18-16(19-14)15(20-2)11-8-9-11/h10-11,13,15,17H,3-9H2,1-2H3. The summed E-state index contributed by atoms with van der Waals surface area (Å²) in [6, 6.07) is 0.425. The van der Waals surface area contributed by atoms with Crippen LogP contribution in [0.5, 0.6) is 0 Å². The van der Waals surface area contributed by atoms with Crippen molar-refractivity contribution in [1.82, 2.24) is 15.3 Å². The predicted molar refractivity (Wildman–Crippen MR) is 78.5 cm³/mol. The van der Waals surface area contributed by atoms with Crippen molar-refractivity contribution >= 4 is 0 Å². The molecule has 1 aromatic heterocycles. The Morgan fingerprint density at radius 1 is 1.35 bits per heavy atom. The molecule has 2 atom stereocenters. The fourth-order valence-corrected chi connectivity index (χ4v) is 3.23. The lowest BCUT2D eigenvalue weighted by atomic mass is 10.0. The molecule has 0 aliphatic heterocycles. The van der Waals surface area contributed by atoms with Crippen molar-refractivity contribution in [1.29, 1.82) is 0 Å². The van der Waals surface area contributed by atoms with Gasteiger partial charge in [-0.15, -0.1) is 0 Å². The maximum Gasteiger partial charge on any atom is 0.157 e. The van der Waals surface area contributed by atoms with Crippen LogP contribution in [0.4, 0.5) is 0 Å². The van der Waals surface area contributed by atoms with E-state index in [1.54, 1.807) is 7.11 Å². The van der Waals surface area contributed by atoms with Crippen LogP contribution in [0.2, 0.25) is 0 Å². The maximum absolute atomic E-state index is 5.62. The molecule has 1 N–H and O–H groups in total. The highest BCUT2D eigenvalue weighted by Gasteiger charge is 2.35. The van der Waals surface area contributed by atoms with Crippen LogP contribution < -0.4 is 5.32 Å². The Balaban J connectivity index is 1.88. The summed E-state index contributed by atoms with van der Waals surface area (Å²) in [6.07, 6.45) is 9.41. The van der Waals surface area contributed by atoms with E-state index in [-0.39, 0.29) is 6.10 Å². The van der Waals surface area contributed by atoms with Gasteiger partial charge in [-0.3, -0.25) is 0 Å². The lowest BCUT2D eigenvalue weighted by molar-refractivity contribution is 0.0769. The highest BCUT2D eigenvalue weighted by molar-refractivity contribution is 5.24. The molecule has 0 bridgehead atoms. The molecular weight excluding hydrogens is 250 g/mol. The third-order valence-corrected chi connectivity index (χ3v) is 4.46. The van der Waals surface area contributed by atoms with E-state index in [9.17, 15) is 0 Å². The molecule has 0 spiro atoms. The minimum atomic E-state index is 0.0983. The van der Waals surface area contributed by atoms with E-state index in [0.29, 0.717) is 12.0 Å². The normalized spacial score (nSPS) is 24.0. The van der Waals surface area contributed by atoms with Gasteiger partial charge in [0.2, 0.25) is 0 Å². The van der Waals surface area contributed by atoms with Crippen molar-refractivity contribution in [2.24, 2.45) is 5.92 Å². The quantitative estimate of drug-likeness (QED) is 0.839. The summed E-state index contributed by atoms with van der Waals surface area (Å²) in [5.74, 6) is 1.53. The van der Waals surface area contributed by atoms with Crippen molar-refractivity contribution in [3.63, 3.8) is 0 Å². The molecule has 20 heavy (non-hydrogen) atoms. The highest BCUT2D eigenvalue weighted by Crippen LogP contribution is 2.42. The highest BCUT2D eigenvalue weighted by atomic mass is 16.5. The average molecular weight is 275 g/mol. The van der Waals surface area contributed by atoms with Crippen LogP contribution in [0.25, 0.3) is 0 Å². The van der Waals surface area contributed by atoms with Gasteiger partial charge in [0.05, 0.1) is 0 Å². The Hall–Kier alpha value is -1.00. The van der Waals surface area contributed by atoms with Crippen LogP contribution >= 0.6 is 0 Å². The average Bonchev–Trinajstić information content (AvgIpc) is 3.28. The molecule has 110 valence electrons. The molecule has 0 radical (unpaired) electrons. The van der Waals surface area contributed by atoms with E-state index in [0.717, 1.165) is 18.8 Å². The fraction of sp³-hybridized carbons (Fsp3) is 0.750. The Labute approximate surface area is 121 Å². The summed E-state index contributed by atoms with van der Waals surface area (Å²) in [5, 5.41) is 3.57. The van der Waals surface area contributed by atoms with E-state index in [1.807, 2.05) is 6.20 Å². The molecule has 1 fully saturated rings. The number of fused-ring (bicyclic) bond motifs is 1. The smallest absolute Gasteiger partial charge is 0.157 e. The first-order chi connectivity index (χ1) is 9.83. The zero-order valence-electron chi connectivity index (χ0n) is 12.6. The van der Waals surface area contributed by atoms with Crippen molar-refractivity contribution in [3.8, 4) is 0 Å². The molecule has 2 aliphatic rings. The van der Waals surface area contributed by atoms with E-state index in [1.165, 1.54) is 43.4 Å². The first kappa shape index (κ1) is 14.0. The number of nitrogens with one attached hydrogen (secondary N) is 1. The van der Waals surface area contributed by atoms with Crippen LogP contribution in [-0.2, 0) is 11.2 Å². The number of nitrogens with zero attached hydrogens (tertiary/aromatic N) is 2. The Morgan fingerprint density at radius 3 is 2.90 bits per heavy atom. The van der Waals surface area contributed by atoms with Crippen molar-refractivity contribution in [2.75, 3.05) is 13.7 Å². The Bertz CT molecular complexity index is 459. The number of methoxy groups -OCH3 is 1. The minimum Gasteiger partial charge on any atom is -0.373 e. The van der Waals surface area contributed by atoms with Crippen LogP contribution in [-0.4, -0.2) is 23.6 Å². The monoisotopic (exact) mass is 275 g/mol. The number of rotatable bonds is 5. The van der Waals surface area contributed by atoms with E-state index in [2.05, 4.69) is 17.2 Å². The minimum absolute atomic E-state index is 0.0983. The second kappa shape index (κ2) is 6.19. The van der Waals surface area contributed by atoms with Crippen molar-refractivity contribution < 1.29 is 4.74 Å². The third kappa shape index (κ3) is 2.86. The number of hydrogen-bond acceptors (Lipinski definition) is 4. The molecule has 1 heterocycles. The summed E-state index contributed by atoms with van der Waals surface area (Å²) < 4.78 is 5.62. The van der Waals surface area contributed by atoms with Crippen molar-refractivity contribution in [3.05, 3.63) is 23.3 Å². The first-order valence-electron chi connectivity index (χ1n) is 7.95. The van der Waals surface area contributed by atoms with Gasteiger partial charge in [-0.05, 0) is 44.6 Å². The second-order valence-electron chi connectivity index (χ2n) is 5.98. The van der Waals surface area contributed by atoms with E-state index in [4.69, 9.17) is 9.72 Å². The largest absolute Gasteiger partial charge is 0.373 e. The lowest BCUT2D eigenvalue weighted by Crippen LogP contribution is -2.22. The number of aromatic nitrogens is 2. The number of hydrogen-bond donors (Lipinski definition) is 1. The maximum atomic E-state index is 5.62. The van der Waals surface area contributed by atoms with Gasteiger partial charge < -0.3 is 10.1 Å². The second-order valence-corrected chi connectivity index (χ2v) is 5.98. The molecule has 2 aliphatic carbocycles. The molecule has 0 amide bonds. The van der Waals surface area contributed by atoms with Gasteiger partial charge in [-0.25, -0.2) is 9.97 Å². The van der Waals surface area contributed by atoms with Crippen LogP contribution in [0.3, 0.4) is 0 Å². The summed E-state index contributed by atoms with van der Waals surface area (Å²) >= 11 is 0.